The lowest BCUT2D eigenvalue weighted by Gasteiger charge is -2.05. The summed E-state index contributed by atoms with van der Waals surface area (Å²) < 4.78 is 0. The molecule has 0 atom stereocenters. The van der Waals surface area contributed by atoms with E-state index in [2.05, 4.69) is 43.4 Å². The smallest absolute Gasteiger partial charge is 0.000835 e. The molecule has 16 heavy (non-hydrogen) atoms. The van der Waals surface area contributed by atoms with E-state index >= 15 is 0 Å². The molecule has 1 heteroatoms. The SMILES string of the molecule is CCCCCCNCCc1cccc(C)c1. The molecule has 0 aliphatic carbocycles. The third kappa shape index (κ3) is 5.92. The summed E-state index contributed by atoms with van der Waals surface area (Å²) >= 11 is 0. The molecule has 0 saturated heterocycles. The third-order valence-corrected chi connectivity index (χ3v) is 2.88. The van der Waals surface area contributed by atoms with Crippen LogP contribution in [0.4, 0.5) is 0 Å². The van der Waals surface area contributed by atoms with Gasteiger partial charge < -0.3 is 5.32 Å². The van der Waals surface area contributed by atoms with E-state index in [1.165, 1.54) is 43.4 Å². The maximum atomic E-state index is 3.51. The largest absolute Gasteiger partial charge is 0.316 e. The Morgan fingerprint density at radius 3 is 2.69 bits per heavy atom. The van der Waals surface area contributed by atoms with Gasteiger partial charge in [-0.15, -0.1) is 0 Å². The Morgan fingerprint density at radius 2 is 1.94 bits per heavy atom. The fourth-order valence-electron chi connectivity index (χ4n) is 1.90. The van der Waals surface area contributed by atoms with Crippen LogP contribution in [0.2, 0.25) is 0 Å². The Balaban J connectivity index is 2.03. The molecular weight excluding hydrogens is 194 g/mol. The van der Waals surface area contributed by atoms with E-state index in [0.29, 0.717) is 0 Å². The molecular formula is C15H25N. The first-order valence-corrected chi connectivity index (χ1v) is 6.59. The Labute approximate surface area is 100 Å². The van der Waals surface area contributed by atoms with Crippen molar-refractivity contribution in [2.24, 2.45) is 0 Å². The van der Waals surface area contributed by atoms with Gasteiger partial charge in [0.2, 0.25) is 0 Å². The van der Waals surface area contributed by atoms with Gasteiger partial charge in [-0.1, -0.05) is 56.0 Å². The van der Waals surface area contributed by atoms with Crippen molar-refractivity contribution >= 4 is 0 Å². The first-order chi connectivity index (χ1) is 7.83. The van der Waals surface area contributed by atoms with Crippen LogP contribution in [0.5, 0.6) is 0 Å². The lowest BCUT2D eigenvalue weighted by molar-refractivity contribution is 0.598. The molecule has 1 rings (SSSR count). The minimum absolute atomic E-state index is 1.11. The zero-order valence-electron chi connectivity index (χ0n) is 10.8. The van der Waals surface area contributed by atoms with Crippen LogP contribution in [0.3, 0.4) is 0 Å². The number of rotatable bonds is 8. The van der Waals surface area contributed by atoms with Crippen molar-refractivity contribution in [1.29, 1.82) is 0 Å². The quantitative estimate of drug-likeness (QED) is 0.657. The summed E-state index contributed by atoms with van der Waals surface area (Å²) in [7, 11) is 0. The molecule has 0 radical (unpaired) electrons. The van der Waals surface area contributed by atoms with Crippen LogP contribution >= 0.6 is 0 Å². The molecule has 0 amide bonds. The second kappa shape index (κ2) is 8.35. The lowest BCUT2D eigenvalue weighted by atomic mass is 10.1. The summed E-state index contributed by atoms with van der Waals surface area (Å²) in [6.07, 6.45) is 6.54. The molecule has 0 bridgehead atoms. The highest BCUT2D eigenvalue weighted by atomic mass is 14.8. The van der Waals surface area contributed by atoms with Gasteiger partial charge in [0.15, 0.2) is 0 Å². The van der Waals surface area contributed by atoms with Crippen LogP contribution in [0.25, 0.3) is 0 Å². The van der Waals surface area contributed by atoms with Gasteiger partial charge in [0.1, 0.15) is 0 Å². The van der Waals surface area contributed by atoms with Crippen molar-refractivity contribution < 1.29 is 0 Å². The fraction of sp³-hybridized carbons (Fsp3) is 0.600. The summed E-state index contributed by atoms with van der Waals surface area (Å²) in [6, 6.07) is 8.79. The van der Waals surface area contributed by atoms with Crippen molar-refractivity contribution in [2.45, 2.75) is 46.0 Å². The van der Waals surface area contributed by atoms with Crippen LogP contribution < -0.4 is 5.32 Å². The zero-order chi connectivity index (χ0) is 11.6. The van der Waals surface area contributed by atoms with Gasteiger partial charge in [-0.25, -0.2) is 0 Å². The molecule has 0 aromatic heterocycles. The van der Waals surface area contributed by atoms with Crippen molar-refractivity contribution in [3.63, 3.8) is 0 Å². The molecule has 0 spiro atoms. The van der Waals surface area contributed by atoms with Gasteiger partial charge in [-0.3, -0.25) is 0 Å². The minimum atomic E-state index is 1.11. The van der Waals surface area contributed by atoms with E-state index in [1.807, 2.05) is 0 Å². The maximum absolute atomic E-state index is 3.51. The van der Waals surface area contributed by atoms with E-state index in [4.69, 9.17) is 0 Å². The standard InChI is InChI=1S/C15H25N/c1-3-4-5-6-11-16-12-10-15-9-7-8-14(2)13-15/h7-9,13,16H,3-6,10-12H2,1-2H3. The Bertz CT molecular complexity index is 281. The van der Waals surface area contributed by atoms with E-state index in [0.717, 1.165) is 13.0 Å². The van der Waals surface area contributed by atoms with Gasteiger partial charge in [0.05, 0.1) is 0 Å². The molecule has 0 fully saturated rings. The number of nitrogens with one attached hydrogen (secondary N) is 1. The van der Waals surface area contributed by atoms with Crippen molar-refractivity contribution in [3.05, 3.63) is 35.4 Å². The van der Waals surface area contributed by atoms with Crippen LogP contribution in [0.15, 0.2) is 24.3 Å². The summed E-state index contributed by atoms with van der Waals surface area (Å²) in [5.41, 5.74) is 2.81. The minimum Gasteiger partial charge on any atom is -0.316 e. The molecule has 90 valence electrons. The molecule has 1 nitrogen and oxygen atoms in total. The molecule has 0 unspecified atom stereocenters. The highest BCUT2D eigenvalue weighted by Gasteiger charge is 1.93. The number of benzene rings is 1. The van der Waals surface area contributed by atoms with Crippen molar-refractivity contribution in [2.75, 3.05) is 13.1 Å². The summed E-state index contributed by atoms with van der Waals surface area (Å²) in [4.78, 5) is 0. The van der Waals surface area contributed by atoms with Crippen LogP contribution in [-0.2, 0) is 6.42 Å². The number of unbranched alkanes of at least 4 members (excludes halogenated alkanes) is 3. The molecule has 0 aliphatic rings. The highest BCUT2D eigenvalue weighted by molar-refractivity contribution is 5.22. The monoisotopic (exact) mass is 219 g/mol. The van der Waals surface area contributed by atoms with Crippen molar-refractivity contribution in [3.8, 4) is 0 Å². The molecule has 0 saturated carbocycles. The predicted octanol–water partition coefficient (Wildman–Crippen LogP) is 3.71. The molecule has 0 heterocycles. The Kier molecular flexibility index (Phi) is 6.91. The van der Waals surface area contributed by atoms with Gasteiger partial charge >= 0.3 is 0 Å². The molecule has 1 aromatic rings. The van der Waals surface area contributed by atoms with E-state index < -0.39 is 0 Å². The average Bonchev–Trinajstić information content (AvgIpc) is 2.28. The average molecular weight is 219 g/mol. The Hall–Kier alpha value is -0.820. The topological polar surface area (TPSA) is 12.0 Å². The third-order valence-electron chi connectivity index (χ3n) is 2.88. The van der Waals surface area contributed by atoms with Crippen LogP contribution in [-0.4, -0.2) is 13.1 Å². The summed E-state index contributed by atoms with van der Waals surface area (Å²) in [5, 5.41) is 3.51. The first-order valence-electron chi connectivity index (χ1n) is 6.59. The summed E-state index contributed by atoms with van der Waals surface area (Å²) in [6.45, 7) is 6.69. The number of hydrogen-bond acceptors (Lipinski definition) is 1. The second-order valence-corrected chi connectivity index (χ2v) is 4.55. The first kappa shape index (κ1) is 13.2. The van der Waals surface area contributed by atoms with Crippen LogP contribution in [0, 0.1) is 6.92 Å². The van der Waals surface area contributed by atoms with Crippen molar-refractivity contribution in [1.82, 2.24) is 5.32 Å². The number of aryl methyl sites for hydroxylation is 1. The second-order valence-electron chi connectivity index (χ2n) is 4.55. The fourth-order valence-corrected chi connectivity index (χ4v) is 1.90. The lowest BCUT2D eigenvalue weighted by Crippen LogP contribution is -2.18. The highest BCUT2D eigenvalue weighted by Crippen LogP contribution is 2.04. The molecule has 1 aromatic carbocycles. The molecule has 1 N–H and O–H groups in total. The van der Waals surface area contributed by atoms with E-state index in [-0.39, 0.29) is 0 Å². The maximum Gasteiger partial charge on any atom is -0.000835 e. The van der Waals surface area contributed by atoms with Gasteiger partial charge in [0.25, 0.3) is 0 Å². The zero-order valence-corrected chi connectivity index (χ0v) is 10.8. The van der Waals surface area contributed by atoms with E-state index in [1.54, 1.807) is 0 Å². The molecule has 0 aliphatic heterocycles. The van der Waals surface area contributed by atoms with Crippen LogP contribution in [0.1, 0.15) is 43.7 Å². The Morgan fingerprint density at radius 1 is 1.06 bits per heavy atom. The normalized spacial score (nSPS) is 10.6. The predicted molar refractivity (Wildman–Crippen MR) is 71.9 cm³/mol. The van der Waals surface area contributed by atoms with Gasteiger partial charge in [0, 0.05) is 0 Å². The van der Waals surface area contributed by atoms with Gasteiger partial charge in [-0.2, -0.15) is 0 Å². The van der Waals surface area contributed by atoms with Gasteiger partial charge in [-0.05, 0) is 38.4 Å². The summed E-state index contributed by atoms with van der Waals surface area (Å²) in [5.74, 6) is 0. The number of hydrogen-bond donors (Lipinski definition) is 1. The van der Waals surface area contributed by atoms with E-state index in [9.17, 15) is 0 Å².